The molecule has 0 amide bonds. The van der Waals surface area contributed by atoms with Crippen molar-refractivity contribution in [2.24, 2.45) is 0 Å². The van der Waals surface area contributed by atoms with Crippen LogP contribution in [-0.4, -0.2) is 9.97 Å². The summed E-state index contributed by atoms with van der Waals surface area (Å²) < 4.78 is 0. The summed E-state index contributed by atoms with van der Waals surface area (Å²) in [6, 6.07) is 0. The maximum atomic E-state index is 4.16. The van der Waals surface area contributed by atoms with Crippen LogP contribution in [0.15, 0.2) is 6.20 Å². The summed E-state index contributed by atoms with van der Waals surface area (Å²) in [5, 5.41) is 0. The van der Waals surface area contributed by atoms with Crippen LogP contribution >= 0.6 is 0 Å². The second-order valence-corrected chi connectivity index (χ2v) is 3.05. The van der Waals surface area contributed by atoms with Crippen LogP contribution in [0.5, 0.6) is 0 Å². The molecule has 10 heavy (non-hydrogen) atoms. The van der Waals surface area contributed by atoms with E-state index in [0.29, 0.717) is 0 Å². The van der Waals surface area contributed by atoms with Crippen LogP contribution in [0, 0.1) is 6.92 Å². The Morgan fingerprint density at radius 2 is 2.40 bits per heavy atom. The number of nitrogens with one attached hydrogen (secondary N) is 1. The fraction of sp³-hybridized carbons (Fsp3) is 0.625. The molecular weight excluding hydrogens is 124 g/mol. The van der Waals surface area contributed by atoms with Crippen molar-refractivity contribution < 1.29 is 0 Å². The van der Waals surface area contributed by atoms with Crippen molar-refractivity contribution >= 4 is 0 Å². The summed E-state index contributed by atoms with van der Waals surface area (Å²) >= 11 is 0. The van der Waals surface area contributed by atoms with Crippen LogP contribution < -0.4 is 0 Å². The molecule has 1 N–H and O–H groups in total. The number of aromatic amines is 1. The van der Waals surface area contributed by atoms with Crippen molar-refractivity contribution in [1.82, 2.24) is 9.97 Å². The molecular formula is C8H12N2. The van der Waals surface area contributed by atoms with E-state index in [1.54, 1.807) is 0 Å². The third kappa shape index (κ3) is 0.838. The second-order valence-electron chi connectivity index (χ2n) is 3.05. The Hall–Kier alpha value is -0.790. The van der Waals surface area contributed by atoms with Gasteiger partial charge in [0.2, 0.25) is 0 Å². The molecule has 1 aromatic rings. The number of H-pyrrole nitrogens is 1. The minimum absolute atomic E-state index is 0.793. The van der Waals surface area contributed by atoms with Gasteiger partial charge in [0.05, 0.1) is 0 Å². The van der Waals surface area contributed by atoms with Crippen molar-refractivity contribution in [1.29, 1.82) is 0 Å². The molecule has 0 spiro atoms. The molecule has 1 heterocycles. The Balaban J connectivity index is 2.17. The highest BCUT2D eigenvalue weighted by Gasteiger charge is 2.20. The third-order valence-electron chi connectivity index (χ3n) is 2.27. The predicted molar refractivity (Wildman–Crippen MR) is 39.9 cm³/mol. The Morgan fingerprint density at radius 1 is 1.60 bits per heavy atom. The molecule has 54 valence electrons. The van der Waals surface area contributed by atoms with Gasteiger partial charge in [-0.2, -0.15) is 0 Å². The first kappa shape index (κ1) is 5.96. The lowest BCUT2D eigenvalue weighted by Crippen LogP contribution is -2.08. The van der Waals surface area contributed by atoms with Crippen LogP contribution in [0.3, 0.4) is 0 Å². The largest absolute Gasteiger partial charge is 0.346 e. The monoisotopic (exact) mass is 136 g/mol. The van der Waals surface area contributed by atoms with E-state index >= 15 is 0 Å². The number of hydrogen-bond acceptors (Lipinski definition) is 1. The van der Waals surface area contributed by atoms with E-state index in [4.69, 9.17) is 0 Å². The molecule has 0 bridgehead atoms. The first-order valence-electron chi connectivity index (χ1n) is 3.88. The average molecular weight is 136 g/mol. The molecule has 2 heteroatoms. The van der Waals surface area contributed by atoms with E-state index in [1.807, 2.05) is 13.1 Å². The Morgan fingerprint density at radius 3 is 2.80 bits per heavy atom. The highest BCUT2D eigenvalue weighted by atomic mass is 14.9. The Bertz CT molecular complexity index is 223. The highest BCUT2D eigenvalue weighted by Crippen LogP contribution is 2.34. The molecule has 0 atom stereocenters. The molecule has 0 aliphatic heterocycles. The second kappa shape index (κ2) is 2.11. The van der Waals surface area contributed by atoms with Crippen LogP contribution in [0.4, 0.5) is 0 Å². The van der Waals surface area contributed by atoms with Gasteiger partial charge in [0.15, 0.2) is 0 Å². The van der Waals surface area contributed by atoms with Crippen LogP contribution in [0.25, 0.3) is 0 Å². The summed E-state index contributed by atoms with van der Waals surface area (Å²) in [6.45, 7) is 2.00. The highest BCUT2D eigenvalue weighted by molar-refractivity contribution is 5.09. The SMILES string of the molecule is Cc1ncc(C2CCC2)[nH]1. The van der Waals surface area contributed by atoms with Crippen molar-refractivity contribution in [3.05, 3.63) is 17.7 Å². The number of aromatic nitrogens is 2. The van der Waals surface area contributed by atoms with Crippen LogP contribution in [-0.2, 0) is 0 Å². The van der Waals surface area contributed by atoms with Gasteiger partial charge in [-0.25, -0.2) is 4.98 Å². The third-order valence-corrected chi connectivity index (χ3v) is 2.27. The fourth-order valence-electron chi connectivity index (χ4n) is 1.37. The summed E-state index contributed by atoms with van der Waals surface area (Å²) in [5.41, 5.74) is 1.34. The van der Waals surface area contributed by atoms with E-state index in [1.165, 1.54) is 25.0 Å². The van der Waals surface area contributed by atoms with Gasteiger partial charge in [-0.1, -0.05) is 6.42 Å². The number of hydrogen-bond donors (Lipinski definition) is 1. The molecule has 1 aliphatic carbocycles. The molecule has 1 aromatic heterocycles. The molecule has 0 unspecified atom stereocenters. The smallest absolute Gasteiger partial charge is 0.103 e. The lowest BCUT2D eigenvalue weighted by molar-refractivity contribution is 0.412. The number of rotatable bonds is 1. The number of aryl methyl sites for hydroxylation is 1. The first-order chi connectivity index (χ1) is 4.86. The van der Waals surface area contributed by atoms with Gasteiger partial charge < -0.3 is 4.98 Å². The zero-order chi connectivity index (χ0) is 6.97. The molecule has 0 aromatic carbocycles. The van der Waals surface area contributed by atoms with Gasteiger partial charge in [0, 0.05) is 17.8 Å². The molecule has 0 saturated heterocycles. The van der Waals surface area contributed by atoms with Crippen LogP contribution in [0.2, 0.25) is 0 Å². The van der Waals surface area contributed by atoms with Gasteiger partial charge in [-0.15, -0.1) is 0 Å². The molecule has 2 rings (SSSR count). The van der Waals surface area contributed by atoms with Gasteiger partial charge in [-0.3, -0.25) is 0 Å². The summed E-state index contributed by atoms with van der Waals surface area (Å²) in [5.74, 6) is 1.84. The quantitative estimate of drug-likeness (QED) is 0.628. The Kier molecular flexibility index (Phi) is 1.26. The maximum Gasteiger partial charge on any atom is 0.103 e. The van der Waals surface area contributed by atoms with E-state index in [0.717, 1.165) is 11.7 Å². The summed E-state index contributed by atoms with van der Waals surface area (Å²) in [7, 11) is 0. The predicted octanol–water partition coefficient (Wildman–Crippen LogP) is 1.99. The minimum atomic E-state index is 0.793. The van der Waals surface area contributed by atoms with Gasteiger partial charge in [0.1, 0.15) is 5.82 Å². The first-order valence-corrected chi connectivity index (χ1v) is 3.88. The Labute approximate surface area is 60.7 Å². The normalized spacial score (nSPS) is 18.9. The maximum absolute atomic E-state index is 4.16. The van der Waals surface area contributed by atoms with Crippen molar-refractivity contribution in [2.45, 2.75) is 32.1 Å². The number of imidazole rings is 1. The van der Waals surface area contributed by atoms with Crippen LogP contribution in [0.1, 0.15) is 36.7 Å². The van der Waals surface area contributed by atoms with E-state index in [-0.39, 0.29) is 0 Å². The topological polar surface area (TPSA) is 28.7 Å². The van der Waals surface area contributed by atoms with Crippen molar-refractivity contribution in [3.8, 4) is 0 Å². The number of nitrogens with zero attached hydrogens (tertiary/aromatic N) is 1. The zero-order valence-corrected chi connectivity index (χ0v) is 6.22. The zero-order valence-electron chi connectivity index (χ0n) is 6.22. The standard InChI is InChI=1S/C8H12N2/c1-6-9-5-8(10-6)7-3-2-4-7/h5,7H,2-4H2,1H3,(H,9,10). The van der Waals surface area contributed by atoms with Crippen molar-refractivity contribution in [3.63, 3.8) is 0 Å². The van der Waals surface area contributed by atoms with Gasteiger partial charge in [0.25, 0.3) is 0 Å². The van der Waals surface area contributed by atoms with E-state index in [9.17, 15) is 0 Å². The van der Waals surface area contributed by atoms with Crippen molar-refractivity contribution in [2.75, 3.05) is 0 Å². The molecule has 2 nitrogen and oxygen atoms in total. The van der Waals surface area contributed by atoms with E-state index < -0.39 is 0 Å². The lowest BCUT2D eigenvalue weighted by atomic mass is 9.83. The molecule has 0 radical (unpaired) electrons. The molecule has 1 fully saturated rings. The molecule has 1 saturated carbocycles. The van der Waals surface area contributed by atoms with Gasteiger partial charge in [-0.05, 0) is 19.8 Å². The summed E-state index contributed by atoms with van der Waals surface area (Å²) in [6.07, 6.45) is 6.06. The lowest BCUT2D eigenvalue weighted by Gasteiger charge is -2.23. The molecule has 1 aliphatic rings. The van der Waals surface area contributed by atoms with Gasteiger partial charge >= 0.3 is 0 Å². The minimum Gasteiger partial charge on any atom is -0.346 e. The average Bonchev–Trinajstić information content (AvgIpc) is 2.10. The fourth-order valence-corrected chi connectivity index (χ4v) is 1.37. The van der Waals surface area contributed by atoms with E-state index in [2.05, 4.69) is 9.97 Å². The summed E-state index contributed by atoms with van der Waals surface area (Å²) in [4.78, 5) is 7.43.